The first-order valence-corrected chi connectivity index (χ1v) is 31.1. The Kier molecular flexibility index (Phi) is 10.5. The highest BCUT2D eigenvalue weighted by Gasteiger charge is 2.51. The van der Waals surface area contributed by atoms with Crippen molar-refractivity contribution in [2.24, 2.45) is 0 Å². The maximum atomic E-state index is 7.92. The fraction of sp³-hybridized carbons (Fsp3) is 0.421. The molecule has 1 aromatic heterocycles. The summed E-state index contributed by atoms with van der Waals surface area (Å²) < 4.78 is 14.7. The molecule has 7 aliphatic rings. The van der Waals surface area contributed by atoms with Crippen LogP contribution in [0.2, 0.25) is 0 Å². The number of anilines is 9. The van der Waals surface area contributed by atoms with Gasteiger partial charge < -0.3 is 23.9 Å². The summed E-state index contributed by atoms with van der Waals surface area (Å²) in [5, 5.41) is 1.19. The van der Waals surface area contributed by atoms with Crippen LogP contribution in [0.5, 0.6) is 11.5 Å². The number of ether oxygens (including phenoxy) is 1. The van der Waals surface area contributed by atoms with E-state index in [9.17, 15) is 0 Å². The standard InChI is InChI=1S/C76H84BN3O2/c1-69(2)29-31-71(5,6)51-37-45(25-27-49(51)69)78-60-43-55-54(74(11,12)34-35-75(55,13)14)42-57(60)77-66-61(78)39-47(79-58-21-17-19-23-63(58)81-64-24-20-18-22-59(64)79)40-62(66)80(46-26-28-50-52(38-46)72(7,8)32-30-70(50,3)4)67-48-41-53-56(44-65(48)82-68(67)77)76(15,16)36-33-73(53,9)10/h17-28,37-44H,29-36H2,1-16H3. The Hall–Kier alpha value is -6.66. The second-order valence-electron chi connectivity index (χ2n) is 31.6. The summed E-state index contributed by atoms with van der Waals surface area (Å²) in [4.78, 5) is 7.86. The molecule has 4 aliphatic carbocycles. The SMILES string of the molecule is CC1(C)CCC(C)(C)c2cc(N3c4cc5c(cc4B4c6oc7cc8c(cc7c6N(c6ccc7c(c6)C(C)(C)CCC7(C)C)c6cc(N7c9ccccc9Oc9ccccc97)cc3c64)C(C)(C)CCC8(C)C)C(C)(C)CCC5(C)C)ccc21. The van der Waals surface area contributed by atoms with Crippen molar-refractivity contribution < 1.29 is 9.15 Å². The summed E-state index contributed by atoms with van der Waals surface area (Å²) in [5.74, 6) is 1.69. The van der Waals surface area contributed by atoms with Crippen LogP contribution in [0.1, 0.15) is 207 Å². The zero-order valence-corrected chi connectivity index (χ0v) is 51.9. The highest BCUT2D eigenvalue weighted by atomic mass is 16.5. The van der Waals surface area contributed by atoms with Gasteiger partial charge in [0.25, 0.3) is 6.71 Å². The number of para-hydroxylation sites is 4. The first-order chi connectivity index (χ1) is 38.6. The van der Waals surface area contributed by atoms with Crippen LogP contribution >= 0.6 is 0 Å². The molecule has 0 saturated heterocycles. The molecule has 418 valence electrons. The molecule has 0 fully saturated rings. The average molecular weight is 1080 g/mol. The van der Waals surface area contributed by atoms with E-state index in [4.69, 9.17) is 9.15 Å². The molecule has 15 rings (SSSR count). The zero-order valence-electron chi connectivity index (χ0n) is 51.9. The van der Waals surface area contributed by atoms with Crippen LogP contribution in [0.4, 0.5) is 51.2 Å². The highest BCUT2D eigenvalue weighted by Crippen LogP contribution is 2.59. The third-order valence-corrected chi connectivity index (χ3v) is 22.5. The molecule has 0 unspecified atom stereocenters. The number of benzene rings is 7. The first kappa shape index (κ1) is 52.2. The normalized spacial score (nSPS) is 21.6. The van der Waals surface area contributed by atoms with Crippen LogP contribution < -0.4 is 36.0 Å². The van der Waals surface area contributed by atoms with Gasteiger partial charge in [0.05, 0.1) is 28.4 Å². The largest absolute Gasteiger partial charge is 0.468 e. The molecule has 5 nitrogen and oxygen atoms in total. The second kappa shape index (κ2) is 16.6. The highest BCUT2D eigenvalue weighted by molar-refractivity contribution is 7.00. The van der Waals surface area contributed by atoms with E-state index in [0.29, 0.717) is 0 Å². The summed E-state index contributed by atoms with van der Waals surface area (Å²) in [6.45, 7) is 39.3. The first-order valence-electron chi connectivity index (χ1n) is 31.1. The van der Waals surface area contributed by atoms with Crippen LogP contribution in [0.25, 0.3) is 11.0 Å². The summed E-state index contributed by atoms with van der Waals surface area (Å²) in [6.07, 6.45) is 9.14. The summed E-state index contributed by atoms with van der Waals surface area (Å²) in [7, 11) is 0. The molecule has 7 aromatic carbocycles. The van der Waals surface area contributed by atoms with E-state index in [1.807, 2.05) is 0 Å². The summed E-state index contributed by atoms with van der Waals surface area (Å²) >= 11 is 0. The molecular weight excluding hydrogens is 998 g/mol. The minimum Gasteiger partial charge on any atom is -0.468 e. The maximum Gasteiger partial charge on any atom is 0.297 e. The molecule has 0 saturated carbocycles. The van der Waals surface area contributed by atoms with E-state index in [-0.39, 0.29) is 50.0 Å². The molecular formula is C76H84BN3O2. The van der Waals surface area contributed by atoms with Gasteiger partial charge in [0.2, 0.25) is 0 Å². The third-order valence-electron chi connectivity index (χ3n) is 22.5. The van der Waals surface area contributed by atoms with E-state index >= 15 is 0 Å². The minimum absolute atomic E-state index is 0.00342. The summed E-state index contributed by atoms with van der Waals surface area (Å²) in [5.41, 5.74) is 26.6. The van der Waals surface area contributed by atoms with E-state index in [1.165, 1.54) is 101 Å². The van der Waals surface area contributed by atoms with Crippen molar-refractivity contribution in [3.63, 3.8) is 0 Å². The molecule has 82 heavy (non-hydrogen) atoms. The quantitative estimate of drug-likeness (QED) is 0.165. The zero-order chi connectivity index (χ0) is 57.4. The van der Waals surface area contributed by atoms with Crippen LogP contribution in [0.15, 0.2) is 126 Å². The molecule has 0 radical (unpaired) electrons. The van der Waals surface area contributed by atoms with Gasteiger partial charge in [0, 0.05) is 33.8 Å². The Balaban J connectivity index is 1.12. The number of furan rings is 1. The lowest BCUT2D eigenvalue weighted by molar-refractivity contribution is 0.332. The Morgan fingerprint density at radius 1 is 0.341 bits per heavy atom. The van der Waals surface area contributed by atoms with Crippen LogP contribution in [-0.4, -0.2) is 6.71 Å². The van der Waals surface area contributed by atoms with Gasteiger partial charge in [-0.25, -0.2) is 0 Å². The van der Waals surface area contributed by atoms with Gasteiger partial charge in [-0.15, -0.1) is 0 Å². The van der Waals surface area contributed by atoms with E-state index in [1.54, 1.807) is 0 Å². The lowest BCUT2D eigenvalue weighted by Crippen LogP contribution is -2.61. The lowest BCUT2D eigenvalue weighted by Gasteiger charge is -2.48. The van der Waals surface area contributed by atoms with E-state index < -0.39 is 0 Å². The molecule has 0 N–H and O–H groups in total. The molecule has 0 atom stereocenters. The second-order valence-corrected chi connectivity index (χ2v) is 31.6. The Morgan fingerprint density at radius 3 is 1.23 bits per heavy atom. The number of hydrogen-bond acceptors (Lipinski definition) is 5. The number of nitrogens with zero attached hydrogens (tertiary/aromatic N) is 3. The van der Waals surface area contributed by atoms with Crippen LogP contribution in [0.3, 0.4) is 0 Å². The van der Waals surface area contributed by atoms with Crippen LogP contribution in [0, 0.1) is 0 Å². The van der Waals surface area contributed by atoms with Gasteiger partial charge in [-0.3, -0.25) is 0 Å². The van der Waals surface area contributed by atoms with Crippen LogP contribution in [-0.2, 0) is 43.3 Å². The molecule has 0 spiro atoms. The van der Waals surface area contributed by atoms with E-state index in [2.05, 4.69) is 247 Å². The fourth-order valence-corrected chi connectivity index (χ4v) is 16.7. The van der Waals surface area contributed by atoms with Crippen molar-refractivity contribution in [2.75, 3.05) is 14.7 Å². The maximum absolute atomic E-state index is 7.92. The van der Waals surface area contributed by atoms with Crippen molar-refractivity contribution in [2.45, 2.75) is 205 Å². The Morgan fingerprint density at radius 2 is 0.732 bits per heavy atom. The lowest BCUT2D eigenvalue weighted by atomic mass is 9.35. The number of rotatable bonds is 3. The van der Waals surface area contributed by atoms with Crippen molar-refractivity contribution in [3.8, 4) is 11.5 Å². The van der Waals surface area contributed by atoms with Crippen molar-refractivity contribution in [1.29, 1.82) is 0 Å². The number of fused-ring (bicyclic) bond motifs is 12. The fourth-order valence-electron chi connectivity index (χ4n) is 16.7. The molecule has 8 aromatic rings. The topological polar surface area (TPSA) is 32.1 Å². The molecule has 3 aliphatic heterocycles. The molecule has 0 amide bonds. The number of hydrogen-bond donors (Lipinski definition) is 0. The molecule has 0 bridgehead atoms. The Labute approximate surface area is 489 Å². The average Bonchev–Trinajstić information content (AvgIpc) is 1.38. The predicted octanol–water partition coefficient (Wildman–Crippen LogP) is 19.5. The van der Waals surface area contributed by atoms with Gasteiger partial charge in [0.1, 0.15) is 5.58 Å². The van der Waals surface area contributed by atoms with Crippen molar-refractivity contribution in [1.82, 2.24) is 0 Å². The van der Waals surface area contributed by atoms with Crippen molar-refractivity contribution >= 4 is 85.5 Å². The van der Waals surface area contributed by atoms with Gasteiger partial charge in [0.15, 0.2) is 11.5 Å². The van der Waals surface area contributed by atoms with Gasteiger partial charge in [-0.2, -0.15) is 0 Å². The predicted molar refractivity (Wildman–Crippen MR) is 346 cm³/mol. The third kappa shape index (κ3) is 7.30. The summed E-state index contributed by atoms with van der Waals surface area (Å²) in [6, 6.07) is 47.8. The molecule has 6 heteroatoms. The molecule has 4 heterocycles. The Bertz CT molecular complexity index is 4040. The van der Waals surface area contributed by atoms with Gasteiger partial charge in [-0.1, -0.05) is 153 Å². The minimum atomic E-state index is -0.210. The monoisotopic (exact) mass is 1080 g/mol. The van der Waals surface area contributed by atoms with E-state index in [0.717, 1.165) is 84.7 Å². The van der Waals surface area contributed by atoms with Gasteiger partial charge >= 0.3 is 0 Å². The van der Waals surface area contributed by atoms with Crippen molar-refractivity contribution in [3.05, 3.63) is 166 Å². The smallest absolute Gasteiger partial charge is 0.297 e. The van der Waals surface area contributed by atoms with Gasteiger partial charge in [-0.05, 0) is 229 Å².